The summed E-state index contributed by atoms with van der Waals surface area (Å²) in [6.45, 7) is 3.09. The summed E-state index contributed by atoms with van der Waals surface area (Å²) in [4.78, 5) is 17.3. The first-order valence-electron chi connectivity index (χ1n) is 8.38. The number of H-pyrrole nitrogens is 1. The number of rotatable bonds is 5. The number of halogens is 2. The number of hydrogen-bond donors (Lipinski definition) is 2. The van der Waals surface area contributed by atoms with E-state index in [4.69, 9.17) is 0 Å². The molecule has 1 aliphatic rings. The van der Waals surface area contributed by atoms with Crippen molar-refractivity contribution in [3.8, 4) is 0 Å². The van der Waals surface area contributed by atoms with Gasteiger partial charge in [-0.25, -0.2) is 8.78 Å². The molecule has 0 bridgehead atoms. The Morgan fingerprint density at radius 2 is 2.12 bits per heavy atom. The quantitative estimate of drug-likeness (QED) is 0.883. The number of hydrogen-bond acceptors (Lipinski definition) is 2. The molecule has 6 heteroatoms. The topological polar surface area (TPSA) is 48.1 Å². The second kappa shape index (κ2) is 7.30. The molecule has 3 rings (SSSR count). The zero-order valence-corrected chi connectivity index (χ0v) is 13.8. The smallest absolute Gasteiger partial charge is 0.251 e. The average molecular weight is 335 g/mol. The van der Waals surface area contributed by atoms with Crippen LogP contribution in [0.3, 0.4) is 0 Å². The van der Waals surface area contributed by atoms with E-state index in [0.29, 0.717) is 19.5 Å². The lowest BCUT2D eigenvalue weighted by Crippen LogP contribution is -2.46. The summed E-state index contributed by atoms with van der Waals surface area (Å²) in [5.74, 6) is -0.0104. The van der Waals surface area contributed by atoms with Gasteiger partial charge in [0.05, 0.1) is 13.0 Å². The number of nitrogens with zero attached hydrogens (tertiary/aromatic N) is 1. The molecule has 0 unspecified atom stereocenters. The van der Waals surface area contributed by atoms with Crippen LogP contribution in [0.15, 0.2) is 24.4 Å². The van der Waals surface area contributed by atoms with E-state index in [0.717, 1.165) is 29.3 Å². The van der Waals surface area contributed by atoms with E-state index in [2.05, 4.69) is 16.4 Å². The van der Waals surface area contributed by atoms with E-state index in [1.165, 1.54) is 5.56 Å². The van der Waals surface area contributed by atoms with Crippen LogP contribution in [0, 0.1) is 6.92 Å². The number of carbonyl (C=O) groups is 1. The molecule has 1 fully saturated rings. The van der Waals surface area contributed by atoms with E-state index >= 15 is 0 Å². The summed E-state index contributed by atoms with van der Waals surface area (Å²) in [7, 11) is 0. The van der Waals surface area contributed by atoms with Gasteiger partial charge >= 0.3 is 0 Å². The summed E-state index contributed by atoms with van der Waals surface area (Å²) >= 11 is 0. The molecule has 4 nitrogen and oxygen atoms in total. The highest BCUT2D eigenvalue weighted by molar-refractivity contribution is 5.89. The van der Waals surface area contributed by atoms with Crippen LogP contribution >= 0.6 is 0 Å². The predicted octanol–water partition coefficient (Wildman–Crippen LogP) is 2.86. The second-order valence-corrected chi connectivity index (χ2v) is 6.57. The summed E-state index contributed by atoms with van der Waals surface area (Å²) in [5, 5.41) is 4.11. The lowest BCUT2D eigenvalue weighted by atomic mass is 10.0. The summed E-state index contributed by atoms with van der Waals surface area (Å²) in [5.41, 5.74) is 3.20. The Balaban J connectivity index is 1.52. The van der Waals surface area contributed by atoms with Gasteiger partial charge in [0.25, 0.3) is 6.43 Å². The largest absolute Gasteiger partial charge is 0.361 e. The minimum Gasteiger partial charge on any atom is -0.361 e. The number of aryl methyl sites for hydroxylation is 1. The second-order valence-electron chi connectivity index (χ2n) is 6.57. The molecule has 130 valence electrons. The van der Waals surface area contributed by atoms with Crippen LogP contribution in [-0.2, 0) is 11.2 Å². The van der Waals surface area contributed by atoms with Crippen molar-refractivity contribution < 1.29 is 13.6 Å². The number of amides is 1. The Morgan fingerprint density at radius 3 is 2.83 bits per heavy atom. The highest BCUT2D eigenvalue weighted by atomic mass is 19.3. The molecular formula is C18H23F2N3O. The number of aromatic nitrogens is 1. The van der Waals surface area contributed by atoms with E-state index in [-0.39, 0.29) is 18.5 Å². The first kappa shape index (κ1) is 16.9. The molecule has 2 N–H and O–H groups in total. The molecule has 24 heavy (non-hydrogen) atoms. The van der Waals surface area contributed by atoms with Crippen molar-refractivity contribution in [3.05, 3.63) is 35.5 Å². The Hall–Kier alpha value is -1.95. The number of carbonyl (C=O) groups excluding carboxylic acids is 1. The number of nitrogens with one attached hydrogen (secondary N) is 2. The van der Waals surface area contributed by atoms with Crippen molar-refractivity contribution in [1.82, 2.24) is 15.2 Å². The molecule has 0 radical (unpaired) electrons. The fourth-order valence-electron chi connectivity index (χ4n) is 3.35. The van der Waals surface area contributed by atoms with Gasteiger partial charge in [0.1, 0.15) is 0 Å². The molecule has 2 heterocycles. The molecule has 1 aliphatic heterocycles. The number of alkyl halides is 2. The summed E-state index contributed by atoms with van der Waals surface area (Å²) in [6, 6.07) is 6.22. The van der Waals surface area contributed by atoms with E-state index < -0.39 is 6.43 Å². The van der Waals surface area contributed by atoms with Gasteiger partial charge in [-0.05, 0) is 37.0 Å². The predicted molar refractivity (Wildman–Crippen MR) is 90.3 cm³/mol. The Kier molecular flexibility index (Phi) is 5.14. The number of piperidine rings is 1. The molecular weight excluding hydrogens is 312 g/mol. The number of benzene rings is 1. The number of aromatic amines is 1. The molecule has 1 aromatic carbocycles. The van der Waals surface area contributed by atoms with Crippen LogP contribution in [0.2, 0.25) is 0 Å². The van der Waals surface area contributed by atoms with Crippen molar-refractivity contribution in [2.45, 2.75) is 38.7 Å². The van der Waals surface area contributed by atoms with Gasteiger partial charge < -0.3 is 10.3 Å². The molecule has 0 saturated carbocycles. The molecule has 1 aromatic heterocycles. The Bertz CT molecular complexity index is 705. The fourth-order valence-corrected chi connectivity index (χ4v) is 3.35. The third kappa shape index (κ3) is 4.12. The van der Waals surface area contributed by atoms with Crippen LogP contribution in [0.4, 0.5) is 8.78 Å². The van der Waals surface area contributed by atoms with Crippen LogP contribution in [0.5, 0.6) is 0 Å². The molecule has 1 amide bonds. The van der Waals surface area contributed by atoms with Gasteiger partial charge in [0.15, 0.2) is 0 Å². The van der Waals surface area contributed by atoms with E-state index in [1.54, 1.807) is 4.90 Å². The number of likely N-dealkylation sites (tertiary alicyclic amines) is 1. The zero-order valence-electron chi connectivity index (χ0n) is 13.8. The van der Waals surface area contributed by atoms with Gasteiger partial charge in [-0.2, -0.15) is 0 Å². The molecule has 0 aliphatic carbocycles. The van der Waals surface area contributed by atoms with Crippen LogP contribution < -0.4 is 5.32 Å². The monoisotopic (exact) mass is 335 g/mol. The molecule has 1 saturated heterocycles. The highest BCUT2D eigenvalue weighted by Gasteiger charge is 2.22. The van der Waals surface area contributed by atoms with Crippen LogP contribution in [0.1, 0.15) is 24.0 Å². The van der Waals surface area contributed by atoms with Crippen molar-refractivity contribution >= 4 is 16.8 Å². The van der Waals surface area contributed by atoms with Crippen molar-refractivity contribution in [1.29, 1.82) is 0 Å². The normalized spacial score (nSPS) is 16.8. The van der Waals surface area contributed by atoms with Gasteiger partial charge in [0.2, 0.25) is 5.91 Å². The maximum absolute atomic E-state index is 12.4. The van der Waals surface area contributed by atoms with Crippen LogP contribution in [0.25, 0.3) is 10.9 Å². The lowest BCUT2D eigenvalue weighted by Gasteiger charge is -2.32. The molecule has 0 atom stereocenters. The Morgan fingerprint density at radius 1 is 1.38 bits per heavy atom. The van der Waals surface area contributed by atoms with E-state index in [9.17, 15) is 13.6 Å². The average Bonchev–Trinajstić information content (AvgIpc) is 2.90. The summed E-state index contributed by atoms with van der Waals surface area (Å²) in [6.07, 6.45) is 1.38. The molecule has 2 aromatic rings. The van der Waals surface area contributed by atoms with Gasteiger partial charge in [0, 0.05) is 36.2 Å². The van der Waals surface area contributed by atoms with Gasteiger partial charge in [-0.1, -0.05) is 12.1 Å². The van der Waals surface area contributed by atoms with Crippen LogP contribution in [-0.4, -0.2) is 47.9 Å². The third-order valence-corrected chi connectivity index (χ3v) is 4.62. The van der Waals surface area contributed by atoms with Crippen molar-refractivity contribution in [2.24, 2.45) is 0 Å². The van der Waals surface area contributed by atoms with Crippen molar-refractivity contribution in [3.63, 3.8) is 0 Å². The fraction of sp³-hybridized carbons (Fsp3) is 0.500. The highest BCUT2D eigenvalue weighted by Crippen LogP contribution is 2.20. The van der Waals surface area contributed by atoms with Crippen molar-refractivity contribution in [2.75, 3.05) is 19.6 Å². The van der Waals surface area contributed by atoms with Gasteiger partial charge in [-0.15, -0.1) is 0 Å². The Labute approximate surface area is 140 Å². The minimum atomic E-state index is -2.29. The minimum absolute atomic E-state index is 0.0104. The van der Waals surface area contributed by atoms with E-state index in [1.807, 2.05) is 25.3 Å². The first-order chi connectivity index (χ1) is 11.5. The third-order valence-electron chi connectivity index (χ3n) is 4.62. The standard InChI is InChI=1S/C18H23F2N3O/c1-12-2-3-15-13(10-21-16(15)8-12)9-18(24)22-14-4-6-23(7-5-14)11-17(19)20/h2-3,8,10,14,17,21H,4-7,9,11H2,1H3,(H,22,24). The zero-order chi connectivity index (χ0) is 17.1. The molecule has 0 spiro atoms. The first-order valence-corrected chi connectivity index (χ1v) is 8.38. The SMILES string of the molecule is Cc1ccc2c(CC(=O)NC3CCN(CC(F)F)CC3)c[nH]c2c1. The maximum Gasteiger partial charge on any atom is 0.251 e. The van der Waals surface area contributed by atoms with Gasteiger partial charge in [-0.3, -0.25) is 9.69 Å². The summed E-state index contributed by atoms with van der Waals surface area (Å²) < 4.78 is 24.8. The maximum atomic E-state index is 12.4. The number of fused-ring (bicyclic) bond motifs is 1. The lowest BCUT2D eigenvalue weighted by molar-refractivity contribution is -0.121.